The molecule has 168 valence electrons. The summed E-state index contributed by atoms with van der Waals surface area (Å²) >= 11 is 0. The number of para-hydroxylation sites is 1. The van der Waals surface area contributed by atoms with Gasteiger partial charge in [0.15, 0.2) is 5.69 Å². The van der Waals surface area contributed by atoms with Gasteiger partial charge in [0.25, 0.3) is 5.91 Å². The van der Waals surface area contributed by atoms with E-state index in [2.05, 4.69) is 10.4 Å². The van der Waals surface area contributed by atoms with Crippen LogP contribution < -0.4 is 20.2 Å². The molecule has 0 fully saturated rings. The smallest absolute Gasteiger partial charge is 0.418 e. The lowest BCUT2D eigenvalue weighted by molar-refractivity contribution is -0.137. The fourth-order valence-electron chi connectivity index (χ4n) is 2.94. The maximum atomic E-state index is 13.4. The Bertz CT molecular complexity index is 1160. The van der Waals surface area contributed by atoms with Crippen molar-refractivity contribution in [2.75, 3.05) is 20.3 Å². The minimum Gasteiger partial charge on any atom is -0.497 e. The zero-order chi connectivity index (χ0) is 23.3. The molecule has 3 rings (SSSR count). The number of alkyl halides is 3. The number of benzene rings is 2. The molecule has 3 aromatic rings. The molecule has 10 heteroatoms. The van der Waals surface area contributed by atoms with Gasteiger partial charge in [-0.15, -0.1) is 0 Å². The number of ether oxygens (including phenoxy) is 2. The van der Waals surface area contributed by atoms with Crippen LogP contribution in [0.25, 0.3) is 5.69 Å². The number of hydrogen-bond acceptors (Lipinski definition) is 5. The third kappa shape index (κ3) is 5.26. The molecule has 0 aliphatic heterocycles. The number of nitrogens with one attached hydrogen (secondary N) is 1. The van der Waals surface area contributed by atoms with Gasteiger partial charge in [0.05, 0.1) is 24.9 Å². The van der Waals surface area contributed by atoms with E-state index >= 15 is 0 Å². The molecule has 2 aromatic carbocycles. The molecule has 0 spiro atoms. The molecule has 0 atom stereocenters. The van der Waals surface area contributed by atoms with Gasteiger partial charge in [-0.3, -0.25) is 9.59 Å². The maximum Gasteiger partial charge on any atom is 0.418 e. The first-order chi connectivity index (χ1) is 15.2. The predicted molar refractivity (Wildman–Crippen MR) is 110 cm³/mol. The van der Waals surface area contributed by atoms with Crippen molar-refractivity contribution in [3.05, 3.63) is 81.8 Å². The molecule has 1 aromatic heterocycles. The highest BCUT2D eigenvalue weighted by Gasteiger charge is 2.34. The lowest BCUT2D eigenvalue weighted by atomic mass is 10.1. The lowest BCUT2D eigenvalue weighted by Crippen LogP contribution is -2.34. The van der Waals surface area contributed by atoms with Crippen LogP contribution in [0.1, 0.15) is 21.7 Å². The highest BCUT2D eigenvalue weighted by molar-refractivity contribution is 5.92. The average Bonchev–Trinajstić information content (AvgIpc) is 2.76. The van der Waals surface area contributed by atoms with E-state index < -0.39 is 28.8 Å². The minimum absolute atomic E-state index is 0.0546. The molecule has 0 unspecified atom stereocenters. The Balaban J connectivity index is 1.74. The quantitative estimate of drug-likeness (QED) is 0.562. The Morgan fingerprint density at radius 1 is 1.09 bits per heavy atom. The van der Waals surface area contributed by atoms with Crippen LogP contribution in [-0.4, -0.2) is 35.9 Å². The molecule has 1 amide bonds. The van der Waals surface area contributed by atoms with Crippen molar-refractivity contribution in [1.29, 1.82) is 0 Å². The first-order valence-electron chi connectivity index (χ1n) is 9.53. The fraction of sp³-hybridized carbons (Fsp3) is 0.227. The summed E-state index contributed by atoms with van der Waals surface area (Å²) < 4.78 is 51.6. The van der Waals surface area contributed by atoms with Crippen molar-refractivity contribution >= 4 is 5.91 Å². The van der Waals surface area contributed by atoms with Crippen molar-refractivity contribution in [2.24, 2.45) is 0 Å². The molecule has 0 aliphatic rings. The Hall–Kier alpha value is -3.82. The average molecular weight is 447 g/mol. The summed E-state index contributed by atoms with van der Waals surface area (Å²) in [6, 6.07) is 12.7. The van der Waals surface area contributed by atoms with Crippen LogP contribution in [-0.2, 0) is 6.18 Å². The van der Waals surface area contributed by atoms with Gasteiger partial charge in [0.2, 0.25) is 5.43 Å². The van der Waals surface area contributed by atoms with E-state index in [1.807, 2.05) is 0 Å². The normalized spacial score (nSPS) is 11.2. The van der Waals surface area contributed by atoms with Gasteiger partial charge in [0.1, 0.15) is 18.1 Å². The summed E-state index contributed by atoms with van der Waals surface area (Å²) in [5.41, 5.74) is -2.27. The second-order valence-electron chi connectivity index (χ2n) is 6.71. The van der Waals surface area contributed by atoms with Crippen LogP contribution in [0.4, 0.5) is 13.2 Å². The van der Waals surface area contributed by atoms with E-state index in [9.17, 15) is 22.8 Å². The number of rotatable bonds is 7. The van der Waals surface area contributed by atoms with Crippen LogP contribution in [0, 0.1) is 6.92 Å². The van der Waals surface area contributed by atoms with Crippen molar-refractivity contribution in [2.45, 2.75) is 13.1 Å². The van der Waals surface area contributed by atoms with Crippen molar-refractivity contribution < 1.29 is 27.4 Å². The molecule has 1 heterocycles. The number of halogens is 3. The lowest BCUT2D eigenvalue weighted by Gasteiger charge is -2.16. The molecule has 0 radical (unpaired) electrons. The first kappa shape index (κ1) is 22.9. The van der Waals surface area contributed by atoms with Crippen LogP contribution in [0.5, 0.6) is 11.5 Å². The van der Waals surface area contributed by atoms with Crippen molar-refractivity contribution in [3.8, 4) is 17.2 Å². The van der Waals surface area contributed by atoms with Gasteiger partial charge in [-0.1, -0.05) is 12.1 Å². The van der Waals surface area contributed by atoms with Crippen LogP contribution in [0.2, 0.25) is 0 Å². The molecule has 7 nitrogen and oxygen atoms in total. The van der Waals surface area contributed by atoms with Crippen LogP contribution in [0.3, 0.4) is 0 Å². The zero-order valence-electron chi connectivity index (χ0n) is 17.3. The van der Waals surface area contributed by atoms with Gasteiger partial charge >= 0.3 is 6.18 Å². The van der Waals surface area contributed by atoms with E-state index in [1.165, 1.54) is 25.1 Å². The Labute approximate surface area is 181 Å². The second-order valence-corrected chi connectivity index (χ2v) is 6.71. The van der Waals surface area contributed by atoms with Crippen molar-refractivity contribution in [3.63, 3.8) is 0 Å². The zero-order valence-corrected chi connectivity index (χ0v) is 17.3. The van der Waals surface area contributed by atoms with Crippen LogP contribution in [0.15, 0.2) is 59.4 Å². The van der Waals surface area contributed by atoms with E-state index in [0.717, 1.165) is 16.8 Å². The summed E-state index contributed by atoms with van der Waals surface area (Å²) in [4.78, 5) is 24.7. The van der Waals surface area contributed by atoms with Gasteiger partial charge < -0.3 is 14.8 Å². The predicted octanol–water partition coefficient (Wildman–Crippen LogP) is 3.38. The molecule has 32 heavy (non-hydrogen) atoms. The second kappa shape index (κ2) is 9.54. The van der Waals surface area contributed by atoms with Gasteiger partial charge in [0, 0.05) is 11.8 Å². The third-order valence-corrected chi connectivity index (χ3v) is 4.48. The van der Waals surface area contributed by atoms with Gasteiger partial charge in [-0.2, -0.15) is 18.3 Å². The Kier molecular flexibility index (Phi) is 6.82. The molecule has 0 bridgehead atoms. The van der Waals surface area contributed by atoms with Gasteiger partial charge in [-0.25, -0.2) is 4.68 Å². The van der Waals surface area contributed by atoms with Crippen molar-refractivity contribution in [1.82, 2.24) is 15.1 Å². The summed E-state index contributed by atoms with van der Waals surface area (Å²) in [5.74, 6) is 0.408. The fourth-order valence-corrected chi connectivity index (χ4v) is 2.94. The van der Waals surface area contributed by atoms with Crippen LogP contribution >= 0.6 is 0 Å². The highest BCUT2D eigenvalue weighted by atomic mass is 19.4. The minimum atomic E-state index is -4.63. The Morgan fingerprint density at radius 2 is 1.75 bits per heavy atom. The monoisotopic (exact) mass is 447 g/mol. The number of methoxy groups -OCH3 is 1. The highest BCUT2D eigenvalue weighted by Crippen LogP contribution is 2.33. The summed E-state index contributed by atoms with van der Waals surface area (Å²) in [6.07, 6.45) is -4.63. The molecule has 0 aliphatic carbocycles. The maximum absolute atomic E-state index is 13.4. The standard InChI is InChI=1S/C22H20F3N3O4/c1-14-13-19(29)20(27-28(14)18-6-4-3-5-17(18)22(23,24)25)21(30)26-11-12-32-16-9-7-15(31-2)8-10-16/h3-10,13H,11-12H2,1-2H3,(H,26,30). The number of nitrogens with zero attached hydrogens (tertiary/aromatic N) is 2. The largest absolute Gasteiger partial charge is 0.497 e. The van der Waals surface area contributed by atoms with E-state index in [4.69, 9.17) is 9.47 Å². The number of aryl methyl sites for hydroxylation is 1. The number of amides is 1. The number of carbonyl (C=O) groups excluding carboxylic acids is 1. The molecular formula is C22H20F3N3O4. The first-order valence-corrected chi connectivity index (χ1v) is 9.53. The van der Waals surface area contributed by atoms with E-state index in [0.29, 0.717) is 11.5 Å². The molecular weight excluding hydrogens is 427 g/mol. The number of hydrogen-bond donors (Lipinski definition) is 1. The Morgan fingerprint density at radius 3 is 2.41 bits per heavy atom. The number of carbonyl (C=O) groups is 1. The summed E-state index contributed by atoms with van der Waals surface area (Å²) in [6.45, 7) is 1.60. The molecule has 0 saturated heterocycles. The van der Waals surface area contributed by atoms with E-state index in [-0.39, 0.29) is 24.5 Å². The third-order valence-electron chi connectivity index (χ3n) is 4.48. The van der Waals surface area contributed by atoms with E-state index in [1.54, 1.807) is 31.4 Å². The molecule has 0 saturated carbocycles. The number of aromatic nitrogens is 2. The van der Waals surface area contributed by atoms with Gasteiger partial charge in [-0.05, 0) is 43.3 Å². The SMILES string of the molecule is COc1ccc(OCCNC(=O)c2nn(-c3ccccc3C(F)(F)F)c(C)cc2=O)cc1. The molecule has 1 N–H and O–H groups in total. The summed E-state index contributed by atoms with van der Waals surface area (Å²) in [7, 11) is 1.54. The summed E-state index contributed by atoms with van der Waals surface area (Å²) in [5, 5.41) is 6.40. The topological polar surface area (TPSA) is 82.4 Å².